The van der Waals surface area contributed by atoms with Crippen molar-refractivity contribution in [3.63, 3.8) is 0 Å². The molecule has 0 radical (unpaired) electrons. The molecule has 15 nitrogen and oxygen atoms in total. The van der Waals surface area contributed by atoms with Crippen LogP contribution in [0.3, 0.4) is 0 Å². The first-order valence-electron chi connectivity index (χ1n) is 13.6. The zero-order valence-corrected chi connectivity index (χ0v) is 26.2. The van der Waals surface area contributed by atoms with E-state index < -0.39 is 23.7 Å². The molecule has 4 N–H and O–H groups in total. The second-order valence-electron chi connectivity index (χ2n) is 10.1. The van der Waals surface area contributed by atoms with Gasteiger partial charge in [0, 0.05) is 53.3 Å². The molecule has 238 valence electrons. The molecule has 0 saturated carbocycles. The van der Waals surface area contributed by atoms with E-state index in [1.807, 2.05) is 0 Å². The fourth-order valence-corrected chi connectivity index (χ4v) is 5.54. The number of aromatic amines is 2. The molecule has 1 amide bonds. The number of H-pyrrole nitrogens is 2. The molecule has 0 aliphatic carbocycles. The average molecular weight is 696 g/mol. The molecule has 0 bridgehead atoms. The molecule has 6 rings (SSSR count). The maximum Gasteiger partial charge on any atom is 0.511 e. The van der Waals surface area contributed by atoms with Gasteiger partial charge in [-0.15, -0.1) is 5.10 Å². The lowest BCUT2D eigenvalue weighted by Crippen LogP contribution is -2.29. The van der Waals surface area contributed by atoms with Crippen molar-refractivity contribution >= 4 is 63.8 Å². The number of imidazole rings is 1. The summed E-state index contributed by atoms with van der Waals surface area (Å²) in [5, 5.41) is 29.0. The fraction of sp³-hybridized carbons (Fsp3) is 0.103. The van der Waals surface area contributed by atoms with Crippen LogP contribution in [0.25, 0.3) is 33.9 Å². The van der Waals surface area contributed by atoms with E-state index in [0.29, 0.717) is 49.2 Å². The number of halogens is 3. The molecule has 0 spiro atoms. The Hall–Kier alpha value is -5.51. The summed E-state index contributed by atoms with van der Waals surface area (Å²) in [6.45, 7) is 0. The van der Waals surface area contributed by atoms with Crippen LogP contribution in [-0.4, -0.2) is 62.1 Å². The minimum absolute atomic E-state index is 0.136. The number of carbonyl (C=O) groups is 2. The second kappa shape index (κ2) is 13.1. The number of hydrogen-bond acceptors (Lipinski definition) is 9. The Kier molecular flexibility index (Phi) is 8.76. The van der Waals surface area contributed by atoms with E-state index in [0.717, 1.165) is 6.07 Å². The summed E-state index contributed by atoms with van der Waals surface area (Å²) in [5.41, 5.74) is 2.25. The molecular weight excluding hydrogens is 675 g/mol. The van der Waals surface area contributed by atoms with Crippen molar-refractivity contribution < 1.29 is 19.4 Å². The zero-order chi connectivity index (χ0) is 33.2. The Labute approximate surface area is 278 Å². The van der Waals surface area contributed by atoms with Gasteiger partial charge in [0.1, 0.15) is 28.7 Å². The summed E-state index contributed by atoms with van der Waals surface area (Å²) in [7, 11) is 1.72. The molecule has 6 aromatic rings. The van der Waals surface area contributed by atoms with Crippen LogP contribution in [0, 0.1) is 0 Å². The number of ether oxygens (including phenoxy) is 1. The maximum atomic E-state index is 13.3. The van der Waals surface area contributed by atoms with Crippen LogP contribution in [0.1, 0.15) is 23.1 Å². The van der Waals surface area contributed by atoms with Crippen molar-refractivity contribution in [2.45, 2.75) is 12.5 Å². The number of nitrogens with one attached hydrogen (secondary N) is 3. The molecule has 0 fully saturated rings. The van der Waals surface area contributed by atoms with E-state index in [-0.39, 0.29) is 23.1 Å². The largest absolute Gasteiger partial charge is 0.511 e. The Balaban J connectivity index is 1.33. The SMILES string of the molecule is Cn1cc(Cl)c(C[C@H](NC(=O)/C=C/c2cc(Cl)ccc2-n2cnnn2)c2nc(-c3ccc4[nH]c(=O)cc(OC(=O)O)c4c3)c(Cl)[nH]2)n1. The monoisotopic (exact) mass is 694 g/mol. The number of fused-ring (bicyclic) bond motifs is 1. The standard InChI is InChI=1S/C29H21Cl3N10O5/c1-41-12-18(31)20(38-41)10-21(35-24(43)7-3-14-8-16(30)4-6-22(14)42-13-33-39-40-42)28-36-26(27(32)37-28)15-2-5-19-17(9-15)23(47-29(45)46)11-25(44)34-19/h2-9,11-13,21H,10H2,1H3,(H,34,44)(H,35,43)(H,36,37)(H,45,46)/b7-3+/t21-/m0/s1. The molecule has 4 heterocycles. The van der Waals surface area contributed by atoms with Crippen molar-refractivity contribution in [3.8, 4) is 22.7 Å². The Morgan fingerprint density at radius 2 is 1.96 bits per heavy atom. The molecule has 2 aromatic carbocycles. The smallest absolute Gasteiger partial charge is 0.449 e. The van der Waals surface area contributed by atoms with Gasteiger partial charge in [0.05, 0.1) is 28.0 Å². The van der Waals surface area contributed by atoms with Crippen LogP contribution in [0.4, 0.5) is 4.79 Å². The third kappa shape index (κ3) is 7.01. The maximum absolute atomic E-state index is 13.3. The fourth-order valence-electron chi connectivity index (χ4n) is 4.85. The van der Waals surface area contributed by atoms with Gasteiger partial charge < -0.3 is 25.1 Å². The van der Waals surface area contributed by atoms with E-state index in [1.54, 1.807) is 60.4 Å². The first kappa shape index (κ1) is 31.5. The van der Waals surface area contributed by atoms with Crippen LogP contribution in [0.5, 0.6) is 5.75 Å². The topological polar surface area (TPSA) is 199 Å². The summed E-state index contributed by atoms with van der Waals surface area (Å²) in [4.78, 5) is 46.9. The quantitative estimate of drug-likeness (QED) is 0.121. The highest BCUT2D eigenvalue weighted by atomic mass is 35.5. The first-order chi connectivity index (χ1) is 22.5. The number of carbonyl (C=O) groups excluding carboxylic acids is 1. The number of aromatic nitrogens is 9. The minimum Gasteiger partial charge on any atom is -0.449 e. The zero-order valence-electron chi connectivity index (χ0n) is 24.0. The van der Waals surface area contributed by atoms with Crippen LogP contribution in [0.2, 0.25) is 15.2 Å². The molecule has 18 heteroatoms. The molecule has 0 unspecified atom stereocenters. The normalized spacial score (nSPS) is 12.1. The van der Waals surface area contributed by atoms with E-state index in [9.17, 15) is 14.4 Å². The molecular formula is C29H21Cl3N10O5. The Morgan fingerprint density at radius 3 is 2.68 bits per heavy atom. The van der Waals surface area contributed by atoms with Crippen LogP contribution in [-0.2, 0) is 18.3 Å². The Bertz CT molecular complexity index is 2230. The predicted octanol–water partition coefficient (Wildman–Crippen LogP) is 4.76. The van der Waals surface area contributed by atoms with Gasteiger partial charge >= 0.3 is 6.16 Å². The minimum atomic E-state index is -1.58. The number of tetrazole rings is 1. The van der Waals surface area contributed by atoms with Crippen LogP contribution < -0.4 is 15.6 Å². The number of nitrogens with zero attached hydrogens (tertiary/aromatic N) is 7. The van der Waals surface area contributed by atoms with Gasteiger partial charge in [-0.3, -0.25) is 14.3 Å². The van der Waals surface area contributed by atoms with Crippen molar-refractivity contribution in [2.75, 3.05) is 0 Å². The number of aryl methyl sites for hydroxylation is 1. The first-order valence-corrected chi connectivity index (χ1v) is 14.7. The van der Waals surface area contributed by atoms with Crippen molar-refractivity contribution in [1.82, 2.24) is 50.3 Å². The Morgan fingerprint density at radius 1 is 1.13 bits per heavy atom. The highest BCUT2D eigenvalue weighted by Gasteiger charge is 2.24. The lowest BCUT2D eigenvalue weighted by Gasteiger charge is -2.15. The molecule has 0 saturated heterocycles. The van der Waals surface area contributed by atoms with Gasteiger partial charge in [-0.05, 0) is 46.8 Å². The number of rotatable bonds is 9. The third-order valence-electron chi connectivity index (χ3n) is 6.85. The van der Waals surface area contributed by atoms with Crippen LogP contribution in [0.15, 0.2) is 65.9 Å². The number of carboxylic acid groups (broad SMARTS) is 1. The predicted molar refractivity (Wildman–Crippen MR) is 172 cm³/mol. The van der Waals surface area contributed by atoms with Crippen molar-refractivity contribution in [2.24, 2.45) is 7.05 Å². The summed E-state index contributed by atoms with van der Waals surface area (Å²) in [6, 6.07) is 10.1. The number of pyridine rings is 1. The van der Waals surface area contributed by atoms with Gasteiger partial charge in [0.15, 0.2) is 0 Å². The van der Waals surface area contributed by atoms with Gasteiger partial charge in [-0.25, -0.2) is 9.78 Å². The third-order valence-corrected chi connectivity index (χ3v) is 7.68. The molecule has 0 aliphatic heterocycles. The van der Waals surface area contributed by atoms with Crippen molar-refractivity contribution in [1.29, 1.82) is 0 Å². The van der Waals surface area contributed by atoms with E-state index in [1.165, 1.54) is 17.1 Å². The highest BCUT2D eigenvalue weighted by Crippen LogP contribution is 2.33. The number of amides is 1. The van der Waals surface area contributed by atoms with E-state index in [2.05, 4.69) is 40.9 Å². The molecule has 1 atom stereocenters. The van der Waals surface area contributed by atoms with Crippen molar-refractivity contribution in [3.05, 3.63) is 104 Å². The summed E-state index contributed by atoms with van der Waals surface area (Å²) in [6.07, 6.45) is 4.51. The molecule has 0 aliphatic rings. The lowest BCUT2D eigenvalue weighted by molar-refractivity contribution is -0.117. The summed E-state index contributed by atoms with van der Waals surface area (Å²) >= 11 is 19.2. The number of hydrogen-bond donors (Lipinski definition) is 4. The van der Waals surface area contributed by atoms with E-state index in [4.69, 9.17) is 44.6 Å². The summed E-state index contributed by atoms with van der Waals surface area (Å²) in [5.74, 6) is -0.354. The highest BCUT2D eigenvalue weighted by molar-refractivity contribution is 6.32. The molecule has 47 heavy (non-hydrogen) atoms. The second-order valence-corrected chi connectivity index (χ2v) is 11.3. The summed E-state index contributed by atoms with van der Waals surface area (Å²) < 4.78 is 7.81. The molecule has 4 aromatic heterocycles. The van der Waals surface area contributed by atoms with E-state index >= 15 is 0 Å². The van der Waals surface area contributed by atoms with Gasteiger partial charge in [-0.2, -0.15) is 9.78 Å². The van der Waals surface area contributed by atoms with Gasteiger partial charge in [0.2, 0.25) is 5.91 Å². The van der Waals surface area contributed by atoms with Crippen LogP contribution >= 0.6 is 34.8 Å². The average Bonchev–Trinajstić information content (AvgIpc) is 3.76. The van der Waals surface area contributed by atoms with Gasteiger partial charge in [0.25, 0.3) is 5.56 Å². The lowest BCUT2D eigenvalue weighted by atomic mass is 10.1. The number of benzene rings is 2. The van der Waals surface area contributed by atoms with Gasteiger partial charge in [-0.1, -0.05) is 40.9 Å².